The van der Waals surface area contributed by atoms with Crippen molar-refractivity contribution in [3.8, 4) is 0 Å². The Labute approximate surface area is 152 Å². The van der Waals surface area contributed by atoms with E-state index in [9.17, 15) is 0 Å². The minimum atomic E-state index is 0.175. The molecule has 1 fully saturated rings. The highest BCUT2D eigenvalue weighted by molar-refractivity contribution is 8.00. The lowest BCUT2D eigenvalue weighted by molar-refractivity contribution is 0.0178. The predicted molar refractivity (Wildman–Crippen MR) is 103 cm³/mol. The second-order valence-corrected chi connectivity index (χ2v) is 7.99. The zero-order chi connectivity index (χ0) is 16.4. The molecule has 0 unspecified atom stereocenters. The number of thioether (sulfide) groups is 1. The molecule has 24 heavy (non-hydrogen) atoms. The van der Waals surface area contributed by atoms with Gasteiger partial charge in [-0.1, -0.05) is 54.1 Å². The number of hydrogen-bond acceptors (Lipinski definition) is 2. The van der Waals surface area contributed by atoms with E-state index in [0.29, 0.717) is 5.25 Å². The first-order valence-electron chi connectivity index (χ1n) is 8.30. The molecule has 0 N–H and O–H groups in total. The third-order valence-electron chi connectivity index (χ3n) is 4.50. The van der Waals surface area contributed by atoms with Crippen LogP contribution in [0.25, 0.3) is 10.8 Å². The summed E-state index contributed by atoms with van der Waals surface area (Å²) < 4.78 is 5.99. The summed E-state index contributed by atoms with van der Waals surface area (Å²) in [5.41, 5.74) is 1.23. The zero-order valence-corrected chi connectivity index (χ0v) is 14.9. The molecule has 4 rings (SSSR count). The fraction of sp³-hybridized carbons (Fsp3) is 0.238. The second kappa shape index (κ2) is 7.18. The van der Waals surface area contributed by atoms with E-state index in [1.807, 2.05) is 23.9 Å². The van der Waals surface area contributed by atoms with Crippen molar-refractivity contribution in [2.75, 3.05) is 6.61 Å². The van der Waals surface area contributed by atoms with E-state index in [0.717, 1.165) is 24.5 Å². The number of fused-ring (bicyclic) bond motifs is 1. The topological polar surface area (TPSA) is 9.23 Å². The third-order valence-corrected chi connectivity index (χ3v) is 6.04. The summed E-state index contributed by atoms with van der Waals surface area (Å²) in [6.07, 6.45) is 2.31. The Kier molecular flexibility index (Phi) is 4.79. The first-order valence-corrected chi connectivity index (χ1v) is 9.56. The molecule has 0 aromatic heterocycles. The summed E-state index contributed by atoms with van der Waals surface area (Å²) >= 11 is 7.96. The van der Waals surface area contributed by atoms with Gasteiger partial charge in [0.25, 0.3) is 0 Å². The third kappa shape index (κ3) is 3.61. The molecule has 3 heteroatoms. The van der Waals surface area contributed by atoms with Gasteiger partial charge in [-0.2, -0.15) is 0 Å². The van der Waals surface area contributed by atoms with Crippen molar-refractivity contribution >= 4 is 34.1 Å². The van der Waals surface area contributed by atoms with Crippen molar-refractivity contribution in [3.63, 3.8) is 0 Å². The molecule has 0 amide bonds. The standard InChI is InChI=1S/C21H19ClOS/c22-18-8-5-16(6-9-18)21-14-20(11-12-23-21)24-19-10-7-15-3-1-2-4-17(15)13-19/h1-10,13,20-21H,11-12,14H2/t20-,21+/m0/s1. The van der Waals surface area contributed by atoms with Gasteiger partial charge >= 0.3 is 0 Å². The minimum absolute atomic E-state index is 0.175. The van der Waals surface area contributed by atoms with Gasteiger partial charge in [-0.05, 0) is 53.4 Å². The van der Waals surface area contributed by atoms with Gasteiger partial charge in [0.1, 0.15) is 0 Å². The second-order valence-electron chi connectivity index (χ2n) is 6.18. The first kappa shape index (κ1) is 16.0. The molecule has 1 saturated heterocycles. The Balaban J connectivity index is 1.48. The van der Waals surface area contributed by atoms with Gasteiger partial charge in [-0.25, -0.2) is 0 Å². The van der Waals surface area contributed by atoms with Crippen molar-refractivity contribution in [1.29, 1.82) is 0 Å². The summed E-state index contributed by atoms with van der Waals surface area (Å²) in [6.45, 7) is 0.818. The maximum Gasteiger partial charge on any atom is 0.0835 e. The van der Waals surface area contributed by atoms with Crippen molar-refractivity contribution in [2.45, 2.75) is 29.1 Å². The van der Waals surface area contributed by atoms with Crippen LogP contribution < -0.4 is 0 Å². The fourth-order valence-corrected chi connectivity index (χ4v) is 4.55. The average Bonchev–Trinajstić information content (AvgIpc) is 2.62. The first-order chi connectivity index (χ1) is 11.8. The van der Waals surface area contributed by atoms with E-state index in [-0.39, 0.29) is 6.10 Å². The molecule has 0 bridgehead atoms. The van der Waals surface area contributed by atoms with Crippen molar-refractivity contribution in [2.24, 2.45) is 0 Å². The van der Waals surface area contributed by atoms with Crippen LogP contribution in [0.2, 0.25) is 5.02 Å². The number of benzene rings is 3. The Morgan fingerprint density at radius 2 is 1.71 bits per heavy atom. The lowest BCUT2D eigenvalue weighted by atomic mass is 10.0. The van der Waals surface area contributed by atoms with Crippen LogP contribution in [-0.2, 0) is 4.74 Å². The van der Waals surface area contributed by atoms with E-state index in [1.54, 1.807) is 0 Å². The van der Waals surface area contributed by atoms with Crippen molar-refractivity contribution < 1.29 is 4.74 Å². The lowest BCUT2D eigenvalue weighted by Gasteiger charge is -2.29. The Hall–Kier alpha value is -1.48. The summed E-state index contributed by atoms with van der Waals surface area (Å²) in [6, 6.07) is 23.3. The normalized spacial score (nSPS) is 21.0. The van der Waals surface area contributed by atoms with Gasteiger partial charge in [0.15, 0.2) is 0 Å². The Morgan fingerprint density at radius 1 is 0.917 bits per heavy atom. The molecule has 0 spiro atoms. The van der Waals surface area contributed by atoms with Gasteiger partial charge in [0, 0.05) is 21.8 Å². The smallest absolute Gasteiger partial charge is 0.0835 e. The highest BCUT2D eigenvalue weighted by Crippen LogP contribution is 2.38. The minimum Gasteiger partial charge on any atom is -0.373 e. The summed E-state index contributed by atoms with van der Waals surface area (Å²) in [5, 5.41) is 3.97. The van der Waals surface area contributed by atoms with Crippen LogP contribution in [0.1, 0.15) is 24.5 Å². The maximum atomic E-state index is 5.99. The molecule has 1 aliphatic rings. The maximum absolute atomic E-state index is 5.99. The summed E-state index contributed by atoms with van der Waals surface area (Å²) in [5.74, 6) is 0. The summed E-state index contributed by atoms with van der Waals surface area (Å²) in [4.78, 5) is 1.34. The van der Waals surface area contributed by atoms with Crippen LogP contribution in [-0.4, -0.2) is 11.9 Å². The van der Waals surface area contributed by atoms with Gasteiger partial charge in [-0.15, -0.1) is 11.8 Å². The van der Waals surface area contributed by atoms with E-state index in [1.165, 1.54) is 21.2 Å². The predicted octanol–water partition coefficient (Wildman–Crippen LogP) is 6.51. The van der Waals surface area contributed by atoms with Crippen molar-refractivity contribution in [3.05, 3.63) is 77.3 Å². The van der Waals surface area contributed by atoms with Crippen molar-refractivity contribution in [1.82, 2.24) is 0 Å². The molecule has 3 aromatic carbocycles. The number of rotatable bonds is 3. The molecule has 1 heterocycles. The largest absolute Gasteiger partial charge is 0.373 e. The van der Waals surface area contributed by atoms with Gasteiger partial charge < -0.3 is 4.74 Å². The van der Waals surface area contributed by atoms with Gasteiger partial charge in [0.2, 0.25) is 0 Å². The average molecular weight is 355 g/mol. The monoisotopic (exact) mass is 354 g/mol. The van der Waals surface area contributed by atoms with Crippen LogP contribution >= 0.6 is 23.4 Å². The molecule has 2 atom stereocenters. The van der Waals surface area contributed by atoms with Crippen LogP contribution in [0, 0.1) is 0 Å². The molecule has 0 aliphatic carbocycles. The number of hydrogen-bond donors (Lipinski definition) is 0. The Morgan fingerprint density at radius 3 is 2.54 bits per heavy atom. The molecule has 122 valence electrons. The highest BCUT2D eigenvalue weighted by Gasteiger charge is 2.24. The van der Waals surface area contributed by atoms with Crippen LogP contribution in [0.3, 0.4) is 0 Å². The number of halogens is 1. The molecule has 0 radical (unpaired) electrons. The Bertz CT molecular complexity index is 831. The highest BCUT2D eigenvalue weighted by atomic mass is 35.5. The lowest BCUT2D eigenvalue weighted by Crippen LogP contribution is -2.21. The van der Waals surface area contributed by atoms with Crippen LogP contribution in [0.15, 0.2) is 71.6 Å². The molecule has 1 nitrogen and oxygen atoms in total. The van der Waals surface area contributed by atoms with E-state index in [4.69, 9.17) is 16.3 Å². The molecular weight excluding hydrogens is 336 g/mol. The van der Waals surface area contributed by atoms with E-state index >= 15 is 0 Å². The molecule has 3 aromatic rings. The molecular formula is C21H19ClOS. The fourth-order valence-electron chi connectivity index (χ4n) is 3.22. The molecule has 0 saturated carbocycles. The van der Waals surface area contributed by atoms with Crippen LogP contribution in [0.5, 0.6) is 0 Å². The van der Waals surface area contributed by atoms with E-state index in [2.05, 4.69) is 54.6 Å². The SMILES string of the molecule is Clc1ccc([C@H]2C[C@@H](Sc3ccc4ccccc4c3)CCO2)cc1. The van der Waals surface area contributed by atoms with Crippen LogP contribution in [0.4, 0.5) is 0 Å². The number of ether oxygens (including phenoxy) is 1. The summed E-state index contributed by atoms with van der Waals surface area (Å²) in [7, 11) is 0. The quantitative estimate of drug-likeness (QED) is 0.530. The van der Waals surface area contributed by atoms with Gasteiger partial charge in [-0.3, -0.25) is 0 Å². The molecule has 1 aliphatic heterocycles. The van der Waals surface area contributed by atoms with E-state index < -0.39 is 0 Å². The zero-order valence-electron chi connectivity index (χ0n) is 13.3. The van der Waals surface area contributed by atoms with Gasteiger partial charge in [0.05, 0.1) is 6.10 Å².